The molecule has 0 aliphatic rings. The second kappa shape index (κ2) is 7.06. The lowest BCUT2D eigenvalue weighted by atomic mass is 10.1. The molecule has 7 heteroatoms. The molecule has 18 heavy (non-hydrogen) atoms. The number of ether oxygens (including phenoxy) is 1. The number of hydrogen-bond acceptors (Lipinski definition) is 4. The summed E-state index contributed by atoms with van der Waals surface area (Å²) in [5, 5.41) is 2.41. The monoisotopic (exact) mass is 282 g/mol. The molecule has 0 aromatic carbocycles. The molecule has 1 N–H and O–H groups in total. The Bertz CT molecular complexity index is 354. The van der Waals surface area contributed by atoms with Gasteiger partial charge in [0.15, 0.2) is 5.01 Å². The average Bonchev–Trinajstić information content (AvgIpc) is 2.72. The first-order chi connectivity index (χ1) is 8.43. The summed E-state index contributed by atoms with van der Waals surface area (Å²) < 4.78 is 41.9. The average molecular weight is 282 g/mol. The maximum atomic E-state index is 12.3. The van der Waals surface area contributed by atoms with Crippen molar-refractivity contribution in [3.05, 3.63) is 16.1 Å². The van der Waals surface area contributed by atoms with Crippen molar-refractivity contribution in [2.45, 2.75) is 19.5 Å². The first-order valence-electron chi connectivity index (χ1n) is 5.65. The number of thiazole rings is 1. The highest BCUT2D eigenvalue weighted by atomic mass is 32.1. The van der Waals surface area contributed by atoms with E-state index in [4.69, 9.17) is 4.74 Å². The molecule has 1 atom stereocenters. The van der Waals surface area contributed by atoms with E-state index in [0.29, 0.717) is 17.9 Å². The summed E-state index contributed by atoms with van der Waals surface area (Å²) in [4.78, 5) is 4.07. The number of nitrogens with zero attached hydrogens (tertiary/aromatic N) is 1. The molecule has 0 aliphatic heterocycles. The van der Waals surface area contributed by atoms with Crippen molar-refractivity contribution in [1.82, 2.24) is 10.3 Å². The Morgan fingerprint density at radius 1 is 1.50 bits per heavy atom. The quantitative estimate of drug-likeness (QED) is 0.781. The van der Waals surface area contributed by atoms with Gasteiger partial charge in [-0.3, -0.25) is 0 Å². The molecule has 1 aromatic heterocycles. The van der Waals surface area contributed by atoms with Gasteiger partial charge in [0.2, 0.25) is 0 Å². The Kier molecular flexibility index (Phi) is 6.04. The van der Waals surface area contributed by atoms with Gasteiger partial charge in [0.1, 0.15) is 0 Å². The Morgan fingerprint density at radius 2 is 2.22 bits per heavy atom. The number of alkyl halides is 3. The topological polar surface area (TPSA) is 34.1 Å². The van der Waals surface area contributed by atoms with Crippen LogP contribution in [0.2, 0.25) is 0 Å². The summed E-state index contributed by atoms with van der Waals surface area (Å²) in [5.41, 5.74) is 0. The molecule has 0 radical (unpaired) electrons. The third kappa shape index (κ3) is 5.32. The highest BCUT2D eigenvalue weighted by Crippen LogP contribution is 2.32. The molecule has 0 spiro atoms. The van der Waals surface area contributed by atoms with Gasteiger partial charge in [-0.1, -0.05) is 6.92 Å². The largest absolute Gasteiger partial charge is 0.443 e. The van der Waals surface area contributed by atoms with Crippen molar-refractivity contribution in [2.24, 2.45) is 5.92 Å². The van der Waals surface area contributed by atoms with Gasteiger partial charge in [-0.25, -0.2) is 4.98 Å². The molecular weight excluding hydrogens is 265 g/mol. The first-order valence-corrected chi connectivity index (χ1v) is 6.46. The van der Waals surface area contributed by atoms with E-state index in [2.05, 4.69) is 10.3 Å². The summed E-state index contributed by atoms with van der Waals surface area (Å²) in [6.45, 7) is 4.12. The lowest BCUT2D eigenvalue weighted by Gasteiger charge is -2.10. The van der Waals surface area contributed by atoms with E-state index in [9.17, 15) is 13.2 Å². The van der Waals surface area contributed by atoms with Crippen LogP contribution in [0.5, 0.6) is 0 Å². The van der Waals surface area contributed by atoms with E-state index in [1.807, 2.05) is 6.92 Å². The van der Waals surface area contributed by atoms with E-state index in [1.54, 1.807) is 7.11 Å². The summed E-state index contributed by atoms with van der Waals surface area (Å²) in [6, 6.07) is 0. The van der Waals surface area contributed by atoms with Crippen LogP contribution < -0.4 is 5.32 Å². The summed E-state index contributed by atoms with van der Waals surface area (Å²) in [7, 11) is 1.63. The van der Waals surface area contributed by atoms with E-state index in [0.717, 1.165) is 24.4 Å². The second-order valence-electron chi connectivity index (χ2n) is 4.14. The Labute approximate surface area is 108 Å². The van der Waals surface area contributed by atoms with Gasteiger partial charge >= 0.3 is 6.18 Å². The molecule has 0 amide bonds. The predicted octanol–water partition coefficient (Wildman–Crippen LogP) is 2.58. The SMILES string of the molecule is COCCNCC(C)Cc1cnc(C(F)(F)F)s1. The zero-order valence-corrected chi connectivity index (χ0v) is 11.2. The van der Waals surface area contributed by atoms with Gasteiger partial charge < -0.3 is 10.1 Å². The minimum Gasteiger partial charge on any atom is -0.383 e. The van der Waals surface area contributed by atoms with Crippen LogP contribution in [-0.4, -0.2) is 31.8 Å². The highest BCUT2D eigenvalue weighted by Gasteiger charge is 2.34. The minimum absolute atomic E-state index is 0.267. The molecule has 104 valence electrons. The van der Waals surface area contributed by atoms with Crippen LogP contribution in [0.3, 0.4) is 0 Å². The van der Waals surface area contributed by atoms with Crippen LogP contribution in [0.1, 0.15) is 16.8 Å². The Balaban J connectivity index is 2.35. The molecule has 1 aromatic rings. The van der Waals surface area contributed by atoms with Crippen LogP contribution in [0.15, 0.2) is 6.20 Å². The lowest BCUT2D eigenvalue weighted by molar-refractivity contribution is -0.137. The number of methoxy groups -OCH3 is 1. The van der Waals surface area contributed by atoms with Crippen LogP contribution >= 0.6 is 11.3 Å². The first kappa shape index (κ1) is 15.4. The number of rotatable bonds is 7. The van der Waals surface area contributed by atoms with Gasteiger partial charge in [0.05, 0.1) is 6.61 Å². The van der Waals surface area contributed by atoms with Crippen molar-refractivity contribution in [3.8, 4) is 0 Å². The summed E-state index contributed by atoms with van der Waals surface area (Å²) >= 11 is 0.723. The molecule has 3 nitrogen and oxygen atoms in total. The van der Waals surface area contributed by atoms with E-state index in [1.165, 1.54) is 6.20 Å². The predicted molar refractivity (Wildman–Crippen MR) is 64.7 cm³/mol. The van der Waals surface area contributed by atoms with Gasteiger partial charge in [0, 0.05) is 24.7 Å². The number of hydrogen-bond donors (Lipinski definition) is 1. The maximum Gasteiger partial charge on any atom is 0.443 e. The number of aromatic nitrogens is 1. The fraction of sp³-hybridized carbons (Fsp3) is 0.727. The van der Waals surface area contributed by atoms with Gasteiger partial charge in [0.25, 0.3) is 0 Å². The van der Waals surface area contributed by atoms with E-state index in [-0.39, 0.29) is 5.92 Å². The molecule has 0 saturated heterocycles. The fourth-order valence-electron chi connectivity index (χ4n) is 1.47. The van der Waals surface area contributed by atoms with Crippen LogP contribution in [0.25, 0.3) is 0 Å². The van der Waals surface area contributed by atoms with E-state index >= 15 is 0 Å². The molecule has 0 fully saturated rings. The number of nitrogens with one attached hydrogen (secondary N) is 1. The molecule has 0 aliphatic carbocycles. The summed E-state index contributed by atoms with van der Waals surface area (Å²) in [5.74, 6) is 0.267. The molecular formula is C11H17F3N2OS. The molecule has 1 heterocycles. The zero-order valence-electron chi connectivity index (χ0n) is 10.4. The standard InChI is InChI=1S/C11H17F3N2OS/c1-8(6-15-3-4-17-2)5-9-7-16-10(18-9)11(12,13)14/h7-8,15H,3-6H2,1-2H3. The highest BCUT2D eigenvalue weighted by molar-refractivity contribution is 7.11. The van der Waals surface area contributed by atoms with Crippen molar-refractivity contribution in [3.63, 3.8) is 0 Å². The molecule has 0 bridgehead atoms. The van der Waals surface area contributed by atoms with E-state index < -0.39 is 11.2 Å². The van der Waals surface area contributed by atoms with Crippen LogP contribution in [0.4, 0.5) is 13.2 Å². The van der Waals surface area contributed by atoms with Crippen LogP contribution in [0, 0.1) is 5.92 Å². The minimum atomic E-state index is -4.33. The van der Waals surface area contributed by atoms with Crippen LogP contribution in [-0.2, 0) is 17.3 Å². The molecule has 1 unspecified atom stereocenters. The van der Waals surface area contributed by atoms with Gasteiger partial charge in [-0.05, 0) is 18.9 Å². The zero-order chi connectivity index (χ0) is 13.6. The second-order valence-corrected chi connectivity index (χ2v) is 5.25. The normalized spacial score (nSPS) is 13.8. The lowest BCUT2D eigenvalue weighted by Crippen LogP contribution is -2.25. The maximum absolute atomic E-state index is 12.3. The Hall–Kier alpha value is -0.660. The molecule has 1 rings (SSSR count). The van der Waals surface area contributed by atoms with Crippen molar-refractivity contribution < 1.29 is 17.9 Å². The van der Waals surface area contributed by atoms with Crippen molar-refractivity contribution in [2.75, 3.05) is 26.8 Å². The smallest absolute Gasteiger partial charge is 0.383 e. The van der Waals surface area contributed by atoms with Crippen molar-refractivity contribution >= 4 is 11.3 Å². The Morgan fingerprint density at radius 3 is 2.78 bits per heavy atom. The third-order valence-corrected chi connectivity index (χ3v) is 3.39. The fourth-order valence-corrected chi connectivity index (χ4v) is 2.41. The third-order valence-electron chi connectivity index (χ3n) is 2.32. The summed E-state index contributed by atoms with van der Waals surface area (Å²) in [6.07, 6.45) is -2.41. The molecule has 0 saturated carbocycles. The van der Waals surface area contributed by atoms with Gasteiger partial charge in [-0.2, -0.15) is 13.2 Å². The number of halogens is 3. The van der Waals surface area contributed by atoms with Gasteiger partial charge in [-0.15, -0.1) is 11.3 Å². The van der Waals surface area contributed by atoms with Crippen molar-refractivity contribution in [1.29, 1.82) is 0 Å².